The predicted octanol–water partition coefficient (Wildman–Crippen LogP) is 18.9. The van der Waals surface area contributed by atoms with Gasteiger partial charge in [-0.1, -0.05) is 299 Å². The molecule has 4 aliphatic heterocycles. The fourth-order valence-electron chi connectivity index (χ4n) is 17.1. The first-order chi connectivity index (χ1) is 68.4. The van der Waals surface area contributed by atoms with Gasteiger partial charge in [-0.15, -0.1) is 0 Å². The van der Waals surface area contributed by atoms with Crippen LogP contribution in [-0.2, 0) is 59.0 Å². The summed E-state index contributed by atoms with van der Waals surface area (Å²) in [5, 5.41) is 54.4. The van der Waals surface area contributed by atoms with Crippen LogP contribution in [0.15, 0.2) is 340 Å². The van der Waals surface area contributed by atoms with E-state index >= 15 is 0 Å². The topological polar surface area (TPSA) is 316 Å². The number of benzene rings is 12. The van der Waals surface area contributed by atoms with E-state index in [4.69, 9.17) is 24.1 Å². The minimum Gasteiger partial charge on any atom is -0.481 e. The molecule has 0 aliphatic carbocycles. The molecule has 740 valence electrons. The van der Waals surface area contributed by atoms with Gasteiger partial charge < -0.3 is 44.1 Å². The molecule has 0 atom stereocenters. The Labute approximate surface area is 827 Å². The summed E-state index contributed by atoms with van der Waals surface area (Å²) in [7, 11) is 0. The number of carboxylic acids is 1. The Bertz CT molecular complexity index is 5290. The minimum atomic E-state index is -0.872. The fraction of sp³-hybridized carbons (Fsp3) is 0.336. The van der Waals surface area contributed by atoms with Crippen LogP contribution in [0.4, 0.5) is 22.7 Å². The Hall–Kier alpha value is -13.8. The van der Waals surface area contributed by atoms with Crippen LogP contribution in [0.3, 0.4) is 0 Å². The van der Waals surface area contributed by atoms with Crippen molar-refractivity contribution < 1.29 is 58.1 Å². The van der Waals surface area contributed by atoms with Crippen LogP contribution in [0.25, 0.3) is 0 Å². The summed E-state index contributed by atoms with van der Waals surface area (Å²) in [4.78, 5) is 92.5. The number of carbonyl (C=O) groups excluding carboxylic acids is 2. The van der Waals surface area contributed by atoms with Crippen molar-refractivity contribution in [1.82, 2.24) is 39.6 Å². The molecule has 0 spiro atoms. The van der Waals surface area contributed by atoms with Gasteiger partial charge in [0.15, 0.2) is 0 Å². The number of nitrogens with one attached hydrogen (secondary N) is 1. The number of aliphatic carboxylic acids is 1. The normalized spacial score (nSPS) is 14.2. The van der Waals surface area contributed by atoms with Gasteiger partial charge in [0.25, 0.3) is 22.7 Å². The van der Waals surface area contributed by atoms with Crippen molar-refractivity contribution in [3.05, 3.63) is 447 Å². The maximum absolute atomic E-state index is 12.6. The lowest BCUT2D eigenvalue weighted by molar-refractivity contribution is -0.385. The molecular weight excluding hydrogens is 1780 g/mol. The number of carboxylic acid groups (broad SMARTS) is 1. The molecule has 4 heterocycles. The van der Waals surface area contributed by atoms with Gasteiger partial charge in [0.2, 0.25) is 11.8 Å². The molecule has 0 bridgehead atoms. The van der Waals surface area contributed by atoms with Crippen LogP contribution in [0.1, 0.15) is 124 Å². The Morgan fingerprint density at radius 3 is 0.688 bits per heavy atom. The molecule has 28 heteroatoms. The van der Waals surface area contributed by atoms with Gasteiger partial charge in [-0.25, -0.2) is 0 Å². The van der Waals surface area contributed by atoms with E-state index in [0.717, 1.165) is 175 Å². The SMILES string of the molecule is C.O=C(CCc1ccc([N+](=O)[O-])cc1)N1CCN(CCOC(c2ccccc2)c2ccccc2)CC1.O=C(CCc1ccc([N+](=O)[O-])cc1)N1CCN(CCOC(c2ccccc2)c2ccccc2)CC1.O=C(O)CCc1ccc([N+](=O)[O-])cc1.O=[N+]([O-])c1ccc(CCCN2CCN(CCOC(c3ccccc3)c3ccccc3)CC2)cc1.c1ccc(C(OCCN2CCNCC2)c2ccccc2)cc1. The fourth-order valence-corrected chi connectivity index (χ4v) is 17.1. The van der Waals surface area contributed by atoms with Crippen molar-refractivity contribution in [2.24, 2.45) is 0 Å². The van der Waals surface area contributed by atoms with Crippen LogP contribution in [0.2, 0.25) is 0 Å². The first kappa shape index (κ1) is 108. The summed E-state index contributed by atoms with van der Waals surface area (Å²) in [6.45, 7) is 22.1. The summed E-state index contributed by atoms with van der Waals surface area (Å²) in [5.41, 5.74) is 13.5. The monoisotopic (exact) mass is 1910 g/mol. The molecule has 141 heavy (non-hydrogen) atoms. The second-order valence-corrected chi connectivity index (χ2v) is 34.7. The molecule has 0 radical (unpaired) electrons. The molecule has 12 aromatic rings. The molecule has 16 rings (SSSR count). The van der Waals surface area contributed by atoms with E-state index in [9.17, 15) is 54.8 Å². The average molecular weight is 1910 g/mol. The number of non-ortho nitro benzene ring substituents is 4. The van der Waals surface area contributed by atoms with Gasteiger partial charge in [0.1, 0.15) is 24.4 Å². The van der Waals surface area contributed by atoms with Gasteiger partial charge in [0.05, 0.1) is 46.1 Å². The second kappa shape index (κ2) is 59.6. The highest BCUT2D eigenvalue weighted by atomic mass is 16.6. The van der Waals surface area contributed by atoms with E-state index in [1.165, 1.54) is 58.7 Å². The lowest BCUT2D eigenvalue weighted by atomic mass is 10.0. The summed E-state index contributed by atoms with van der Waals surface area (Å²) in [6, 6.07) is 109. The predicted molar refractivity (Wildman–Crippen MR) is 551 cm³/mol. The molecule has 2 amide bonds. The van der Waals surface area contributed by atoms with Crippen LogP contribution >= 0.6 is 0 Å². The van der Waals surface area contributed by atoms with Crippen molar-refractivity contribution in [1.29, 1.82) is 0 Å². The Balaban J connectivity index is 0.000000173. The summed E-state index contributed by atoms with van der Waals surface area (Å²) in [5.74, 6) is -0.608. The lowest BCUT2D eigenvalue weighted by Gasteiger charge is -2.35. The number of piperazine rings is 4. The molecule has 4 saturated heterocycles. The van der Waals surface area contributed by atoms with Crippen molar-refractivity contribution >= 4 is 40.5 Å². The first-order valence-electron chi connectivity index (χ1n) is 48.3. The highest BCUT2D eigenvalue weighted by Crippen LogP contribution is 2.32. The largest absolute Gasteiger partial charge is 0.481 e. The van der Waals surface area contributed by atoms with Crippen molar-refractivity contribution in [2.45, 2.75) is 83.2 Å². The summed E-state index contributed by atoms with van der Waals surface area (Å²) < 4.78 is 25.3. The highest BCUT2D eigenvalue weighted by Gasteiger charge is 2.27. The molecular formula is C113H132N12O16. The summed E-state index contributed by atoms with van der Waals surface area (Å²) in [6.07, 6.45) is 4.24. The molecule has 12 aromatic carbocycles. The minimum absolute atomic E-state index is 0. The zero-order valence-corrected chi connectivity index (χ0v) is 79.5. The zero-order chi connectivity index (χ0) is 98.1. The number of carbonyl (C=O) groups is 3. The van der Waals surface area contributed by atoms with Crippen LogP contribution in [0.5, 0.6) is 0 Å². The Morgan fingerprint density at radius 2 is 0.468 bits per heavy atom. The summed E-state index contributed by atoms with van der Waals surface area (Å²) >= 11 is 0. The van der Waals surface area contributed by atoms with E-state index in [2.05, 4.69) is 175 Å². The lowest BCUT2D eigenvalue weighted by Crippen LogP contribution is -2.49. The average Bonchev–Trinajstić information content (AvgIpc) is 0.860. The molecule has 4 aliphatic rings. The van der Waals surface area contributed by atoms with Crippen molar-refractivity contribution in [3.8, 4) is 0 Å². The van der Waals surface area contributed by atoms with Crippen molar-refractivity contribution in [3.63, 3.8) is 0 Å². The molecule has 28 nitrogen and oxygen atoms in total. The molecule has 0 aromatic heterocycles. The number of nitro benzene ring substituents is 4. The van der Waals surface area contributed by atoms with Gasteiger partial charge >= 0.3 is 5.97 Å². The Morgan fingerprint density at radius 1 is 0.270 bits per heavy atom. The quantitative estimate of drug-likeness (QED) is 0.0266. The van der Waals surface area contributed by atoms with E-state index in [1.807, 2.05) is 119 Å². The maximum Gasteiger partial charge on any atom is 0.303 e. The second-order valence-electron chi connectivity index (χ2n) is 34.7. The standard InChI is InChI=1S/2C28H31N3O4.C28H33N3O3.C19H24N2O.C9H9NO4.CH4/c2*32-27(16-13-23-11-14-26(15-12-23)31(33)34)30-19-17-29(18-20-30)21-22-35-28(24-7-3-1-4-8-24)25-9-5-2-6-10-25;32-31(33)27-15-13-24(14-16-27)8-7-17-29-18-20-30(21-19-29)22-23-34-28(25-9-3-1-4-10-25)26-11-5-2-6-12-26;1-3-7-17(8-4-1)19(18-9-5-2-6-10-18)22-16-15-21-13-11-20-12-14-21;11-9(12)6-3-7-1-4-8(5-2-7)10(13)14;/h2*1-12,14-15,28H,13,16-22H2;1-6,9-16,28H,7-8,17-23H2;1-10,19-20H,11-16H2;1-2,4-5H,3,6H2,(H,11,12);1H4. The van der Waals surface area contributed by atoms with E-state index in [-0.39, 0.29) is 77.8 Å². The number of ether oxygens (including phenoxy) is 4. The van der Waals surface area contributed by atoms with Crippen LogP contribution < -0.4 is 5.32 Å². The van der Waals surface area contributed by atoms with Crippen LogP contribution in [0, 0.1) is 40.5 Å². The molecule has 0 saturated carbocycles. The number of nitrogens with zero attached hydrogens (tertiary/aromatic N) is 11. The van der Waals surface area contributed by atoms with E-state index in [1.54, 1.807) is 48.5 Å². The van der Waals surface area contributed by atoms with E-state index < -0.39 is 20.7 Å². The third-order valence-corrected chi connectivity index (χ3v) is 25.1. The van der Waals surface area contributed by atoms with Crippen molar-refractivity contribution in [2.75, 3.05) is 164 Å². The Kier molecular flexibility index (Phi) is 45.5. The molecule has 0 unspecified atom stereocenters. The van der Waals surface area contributed by atoms with Crippen LogP contribution in [-0.4, -0.2) is 241 Å². The maximum atomic E-state index is 12.6. The number of amides is 2. The first-order valence-corrected chi connectivity index (χ1v) is 48.3. The third-order valence-electron chi connectivity index (χ3n) is 25.1. The number of hydrogen-bond acceptors (Lipinski definition) is 21. The van der Waals surface area contributed by atoms with Gasteiger partial charge in [-0.05, 0) is 105 Å². The highest BCUT2D eigenvalue weighted by molar-refractivity contribution is 5.77. The number of aryl methyl sites for hydroxylation is 4. The van der Waals surface area contributed by atoms with E-state index in [0.29, 0.717) is 78.1 Å². The van der Waals surface area contributed by atoms with Gasteiger partial charge in [0, 0.05) is 199 Å². The molecule has 2 N–H and O–H groups in total. The van der Waals surface area contributed by atoms with Gasteiger partial charge in [-0.3, -0.25) is 74.4 Å². The van der Waals surface area contributed by atoms with Gasteiger partial charge in [-0.2, -0.15) is 0 Å². The number of nitro groups is 4. The molecule has 4 fully saturated rings. The zero-order valence-electron chi connectivity index (χ0n) is 79.5. The number of hydrogen-bond donors (Lipinski definition) is 2. The smallest absolute Gasteiger partial charge is 0.303 e. The number of rotatable bonds is 41. The third kappa shape index (κ3) is 37.1.